The number of ether oxygens (including phenoxy) is 2. The van der Waals surface area contributed by atoms with Crippen LogP contribution in [0.1, 0.15) is 194 Å². The van der Waals surface area contributed by atoms with Gasteiger partial charge in [-0.25, -0.2) is 0 Å². The van der Waals surface area contributed by atoms with Crippen molar-refractivity contribution in [1.29, 1.82) is 0 Å². The zero-order chi connectivity index (χ0) is 49.6. The van der Waals surface area contributed by atoms with Gasteiger partial charge in [-0.1, -0.05) is 97.7 Å². The highest BCUT2D eigenvalue weighted by Crippen LogP contribution is 2.70. The minimum atomic E-state index is -0.122. The number of hydrogen-bond donors (Lipinski definition) is 2. The summed E-state index contributed by atoms with van der Waals surface area (Å²) in [5.74, 6) is 8.52. The fourth-order valence-corrected chi connectivity index (χ4v) is 19.8. The number of benzene rings is 1. The molecule has 0 saturated heterocycles. The van der Waals surface area contributed by atoms with Crippen LogP contribution >= 0.6 is 31.9 Å². The molecule has 0 radical (unpaired) electrons. The quantitative estimate of drug-likeness (QED) is 0.126. The first kappa shape index (κ1) is 52.9. The molecule has 10 heteroatoms. The van der Waals surface area contributed by atoms with E-state index in [1.54, 1.807) is 0 Å². The molecule has 2 N–H and O–H groups in total. The molecular weight excluding hydrogens is 1000 g/mol. The summed E-state index contributed by atoms with van der Waals surface area (Å²) in [5, 5.41) is 7.04. The Labute approximate surface area is 439 Å². The number of amides is 2. The van der Waals surface area contributed by atoms with Crippen molar-refractivity contribution in [3.8, 4) is 0 Å². The maximum atomic E-state index is 13.3. The highest BCUT2D eigenvalue weighted by atomic mass is 79.9. The van der Waals surface area contributed by atoms with Gasteiger partial charge < -0.3 is 20.1 Å². The van der Waals surface area contributed by atoms with Gasteiger partial charge in [0, 0.05) is 25.9 Å². The maximum absolute atomic E-state index is 13.3. The summed E-state index contributed by atoms with van der Waals surface area (Å²) in [7, 11) is 0. The Morgan fingerprint density at radius 2 is 0.957 bits per heavy atom. The SMILES string of the molecule is C[C@H](CCC(=O)NCc1cccc(CNC(=O)CC[C@@H](C)[C@H]2CC[C@H]3[C@@H]4CC[C@@H]5C[C@H](OC(=O)CBr)CC[C@]5(C)[C@H]4CC[C@]23C)c1)[C@H]1CC[C@H]2[C@@H]3CC[C@@H]4C[C@H](OC(=O)CBr)CC[C@]4(C)[C@H]3CC[C@]12C. The zero-order valence-corrected chi connectivity index (χ0v) is 47.2. The van der Waals surface area contributed by atoms with Gasteiger partial charge in [-0.2, -0.15) is 0 Å². The lowest BCUT2D eigenvalue weighted by Gasteiger charge is -2.61. The second kappa shape index (κ2) is 21.7. The van der Waals surface area contributed by atoms with Crippen LogP contribution in [-0.2, 0) is 41.7 Å². The van der Waals surface area contributed by atoms with E-state index < -0.39 is 0 Å². The number of carbonyl (C=O) groups excluding carboxylic acids is 4. The third-order valence-corrected chi connectivity index (χ3v) is 24.1. The molecule has 1 aromatic rings. The molecule has 8 nitrogen and oxygen atoms in total. The Balaban J connectivity index is 0.685. The van der Waals surface area contributed by atoms with E-state index in [0.29, 0.717) is 83.1 Å². The standard InChI is InChI=1S/C60H90Br2N2O6/c1-37(47-16-18-49-45-14-12-41-31-43(69-55(67)33-61)22-26-57(41,3)51(45)24-28-59(47,49)5)10-20-53(65)63-35-39-8-7-9-40(30-39)36-64-54(66)21-11-38(2)48-17-19-50-46-15-13-42-32-44(70-56(68)34-62)23-27-58(42,4)52(46)25-29-60(48,50)6/h7-9,30,37-38,41-52H,10-29,31-36H2,1-6H3,(H,63,65)(H,64,66)/t37-,38-,41-,42-,43-,44-,45+,46+,47-,48-,49+,50+,51+,52+,57+,58+,59-,60-/m1/s1. The maximum Gasteiger partial charge on any atom is 0.316 e. The van der Waals surface area contributed by atoms with Gasteiger partial charge in [0.25, 0.3) is 0 Å². The Morgan fingerprint density at radius 1 is 0.557 bits per heavy atom. The van der Waals surface area contributed by atoms with Crippen LogP contribution in [0.4, 0.5) is 0 Å². The third-order valence-electron chi connectivity index (χ3n) is 23.2. The molecule has 0 unspecified atom stereocenters. The van der Waals surface area contributed by atoms with Crippen molar-refractivity contribution in [2.45, 2.75) is 208 Å². The van der Waals surface area contributed by atoms with Gasteiger partial charge in [-0.05, 0) is 232 Å². The van der Waals surface area contributed by atoms with Crippen LogP contribution in [-0.4, -0.2) is 46.6 Å². The van der Waals surface area contributed by atoms with Crippen molar-refractivity contribution in [2.75, 3.05) is 10.7 Å². The van der Waals surface area contributed by atoms with Gasteiger partial charge in [0.2, 0.25) is 11.8 Å². The van der Waals surface area contributed by atoms with Gasteiger partial charge in [-0.15, -0.1) is 0 Å². The highest BCUT2D eigenvalue weighted by molar-refractivity contribution is 9.09. The predicted molar refractivity (Wildman–Crippen MR) is 285 cm³/mol. The molecule has 0 bridgehead atoms. The first-order valence-electron chi connectivity index (χ1n) is 28.6. The fourth-order valence-electron chi connectivity index (χ4n) is 19.6. The van der Waals surface area contributed by atoms with E-state index in [-0.39, 0.29) is 46.6 Å². The molecule has 0 aliphatic heterocycles. The molecular formula is C60H90Br2N2O6. The molecule has 0 heterocycles. The number of hydrogen-bond acceptors (Lipinski definition) is 6. The average molecular weight is 1100 g/mol. The fraction of sp³-hybridized carbons (Fsp3) is 0.833. The molecule has 2 amide bonds. The first-order valence-corrected chi connectivity index (χ1v) is 30.9. The van der Waals surface area contributed by atoms with Gasteiger partial charge in [0.1, 0.15) is 22.9 Å². The lowest BCUT2D eigenvalue weighted by atomic mass is 9.44. The molecule has 0 spiro atoms. The monoisotopic (exact) mass is 1090 g/mol. The van der Waals surface area contributed by atoms with Gasteiger partial charge in [0.05, 0.1) is 0 Å². The molecule has 0 aromatic heterocycles. The van der Waals surface area contributed by atoms with Crippen LogP contribution in [0, 0.1) is 92.7 Å². The Kier molecular flexibility index (Phi) is 16.4. The Morgan fingerprint density at radius 3 is 1.37 bits per heavy atom. The molecule has 70 heavy (non-hydrogen) atoms. The van der Waals surface area contributed by atoms with Gasteiger partial charge in [-0.3, -0.25) is 19.2 Å². The first-order chi connectivity index (χ1) is 33.5. The lowest BCUT2D eigenvalue weighted by molar-refractivity contribution is -0.160. The molecule has 390 valence electrons. The van der Waals surface area contributed by atoms with Crippen molar-refractivity contribution in [1.82, 2.24) is 10.6 Å². The number of rotatable bonds is 16. The van der Waals surface area contributed by atoms with Gasteiger partial charge >= 0.3 is 11.9 Å². The molecule has 8 aliphatic rings. The van der Waals surface area contributed by atoms with E-state index in [1.807, 2.05) is 6.07 Å². The molecule has 9 rings (SSSR count). The number of carbonyl (C=O) groups is 4. The average Bonchev–Trinajstić information content (AvgIpc) is 3.90. The van der Waals surface area contributed by atoms with E-state index in [0.717, 1.165) is 85.2 Å². The van der Waals surface area contributed by atoms with Crippen LogP contribution in [0.15, 0.2) is 24.3 Å². The molecule has 8 aliphatic carbocycles. The number of alkyl halides is 2. The second-order valence-corrected chi connectivity index (χ2v) is 27.3. The van der Waals surface area contributed by atoms with Crippen molar-refractivity contribution in [2.24, 2.45) is 92.7 Å². The van der Waals surface area contributed by atoms with E-state index in [9.17, 15) is 19.2 Å². The number of fused-ring (bicyclic) bond motifs is 10. The van der Waals surface area contributed by atoms with Crippen LogP contribution in [0.2, 0.25) is 0 Å². The summed E-state index contributed by atoms with van der Waals surface area (Å²) in [6, 6.07) is 8.34. The number of halogens is 2. The zero-order valence-electron chi connectivity index (χ0n) is 44.0. The molecule has 1 aromatic carbocycles. The Hall–Kier alpha value is -1.94. The molecule has 8 saturated carbocycles. The highest BCUT2D eigenvalue weighted by Gasteiger charge is 2.62. The largest absolute Gasteiger partial charge is 0.462 e. The smallest absolute Gasteiger partial charge is 0.316 e. The number of nitrogens with one attached hydrogen (secondary N) is 2. The molecule has 18 atom stereocenters. The summed E-state index contributed by atoms with van der Waals surface area (Å²) >= 11 is 6.55. The van der Waals surface area contributed by atoms with Crippen LogP contribution < -0.4 is 10.6 Å². The van der Waals surface area contributed by atoms with Crippen molar-refractivity contribution < 1.29 is 28.7 Å². The summed E-state index contributed by atoms with van der Waals surface area (Å²) in [6.07, 6.45) is 25.4. The predicted octanol–water partition coefficient (Wildman–Crippen LogP) is 13.7. The van der Waals surface area contributed by atoms with E-state index in [2.05, 4.69) is 102 Å². The summed E-state index contributed by atoms with van der Waals surface area (Å²) < 4.78 is 11.6. The third kappa shape index (κ3) is 10.4. The normalized spacial score (nSPS) is 41.5. The van der Waals surface area contributed by atoms with Crippen molar-refractivity contribution in [3.63, 3.8) is 0 Å². The lowest BCUT2D eigenvalue weighted by Crippen LogP contribution is -2.54. The topological polar surface area (TPSA) is 111 Å². The minimum absolute atomic E-state index is 0.0885. The van der Waals surface area contributed by atoms with E-state index >= 15 is 0 Å². The van der Waals surface area contributed by atoms with Crippen LogP contribution in [0.3, 0.4) is 0 Å². The van der Waals surface area contributed by atoms with Gasteiger partial charge in [0.15, 0.2) is 0 Å². The summed E-state index contributed by atoms with van der Waals surface area (Å²) in [5.41, 5.74) is 3.61. The summed E-state index contributed by atoms with van der Waals surface area (Å²) in [4.78, 5) is 50.8. The second-order valence-electron chi connectivity index (χ2n) is 26.2. The summed E-state index contributed by atoms with van der Waals surface area (Å²) in [6.45, 7) is 16.3. The number of esters is 2. The van der Waals surface area contributed by atoms with Crippen molar-refractivity contribution >= 4 is 55.6 Å². The Bertz CT molecular complexity index is 1910. The van der Waals surface area contributed by atoms with Crippen molar-refractivity contribution in [3.05, 3.63) is 35.4 Å². The minimum Gasteiger partial charge on any atom is -0.462 e. The van der Waals surface area contributed by atoms with Crippen LogP contribution in [0.25, 0.3) is 0 Å². The van der Waals surface area contributed by atoms with E-state index in [1.165, 1.54) is 89.9 Å². The van der Waals surface area contributed by atoms with Crippen LogP contribution in [0.5, 0.6) is 0 Å². The molecule has 8 fully saturated rings. The van der Waals surface area contributed by atoms with E-state index in [4.69, 9.17) is 9.47 Å².